The highest BCUT2D eigenvalue weighted by Gasteiger charge is 2.36. The largest absolute Gasteiger partial charge is 0.481 e. The van der Waals surface area contributed by atoms with Crippen LogP contribution in [-0.2, 0) is 17.4 Å². The van der Waals surface area contributed by atoms with Crippen molar-refractivity contribution in [2.24, 2.45) is 5.92 Å². The van der Waals surface area contributed by atoms with Crippen LogP contribution in [0.1, 0.15) is 106 Å². The van der Waals surface area contributed by atoms with Crippen molar-refractivity contribution in [2.45, 2.75) is 90.3 Å². The Morgan fingerprint density at radius 2 is 1.82 bits per heavy atom. The summed E-state index contributed by atoms with van der Waals surface area (Å²) >= 11 is 0. The van der Waals surface area contributed by atoms with Crippen LogP contribution in [0.3, 0.4) is 0 Å². The lowest BCUT2D eigenvalue weighted by molar-refractivity contribution is -0.138. The first-order chi connectivity index (χ1) is 16.0. The molecule has 1 aromatic carbocycles. The molecule has 184 valence electrons. The van der Waals surface area contributed by atoms with Crippen LogP contribution in [0.25, 0.3) is 4.85 Å². The van der Waals surface area contributed by atoms with E-state index < -0.39 is 17.7 Å². The van der Waals surface area contributed by atoms with Crippen molar-refractivity contribution in [3.63, 3.8) is 0 Å². The highest BCUT2D eigenvalue weighted by atomic mass is 19.4. The molecule has 0 bridgehead atoms. The van der Waals surface area contributed by atoms with E-state index in [-0.39, 0.29) is 24.3 Å². The van der Waals surface area contributed by atoms with E-state index in [1.807, 2.05) is 13.8 Å². The molecule has 4 nitrogen and oxygen atoms in total. The monoisotopic (exact) mass is 474 g/mol. The van der Waals surface area contributed by atoms with Gasteiger partial charge in [-0.1, -0.05) is 39.8 Å². The van der Waals surface area contributed by atoms with Gasteiger partial charge in [-0.25, -0.2) is 4.85 Å². The Balaban J connectivity index is 2.27. The lowest BCUT2D eigenvalue weighted by Crippen LogP contribution is -2.23. The number of fused-ring (bicyclic) bond motifs is 1. The van der Waals surface area contributed by atoms with Crippen LogP contribution in [0.15, 0.2) is 24.3 Å². The summed E-state index contributed by atoms with van der Waals surface area (Å²) in [5.74, 6) is -0.697. The van der Waals surface area contributed by atoms with Gasteiger partial charge >= 0.3 is 12.1 Å². The van der Waals surface area contributed by atoms with Gasteiger partial charge in [0.2, 0.25) is 5.69 Å². The van der Waals surface area contributed by atoms with Crippen LogP contribution < -0.4 is 0 Å². The predicted molar refractivity (Wildman–Crippen MR) is 126 cm³/mol. The van der Waals surface area contributed by atoms with Crippen molar-refractivity contribution < 1.29 is 23.1 Å². The normalized spacial score (nSPS) is 17.0. The lowest BCUT2D eigenvalue weighted by atomic mass is 9.84. The molecule has 1 aliphatic rings. The van der Waals surface area contributed by atoms with E-state index in [0.29, 0.717) is 18.0 Å². The van der Waals surface area contributed by atoms with Gasteiger partial charge in [0.25, 0.3) is 0 Å². The third kappa shape index (κ3) is 5.32. The number of hydrogen-bond acceptors (Lipinski definition) is 1. The average Bonchev–Trinajstić information content (AvgIpc) is 3.08. The molecule has 0 amide bonds. The maximum atomic E-state index is 13.2. The van der Waals surface area contributed by atoms with Crippen molar-refractivity contribution in [1.29, 1.82) is 0 Å². The maximum absolute atomic E-state index is 13.2. The molecular weight excluding hydrogens is 441 g/mol. The molecule has 1 N–H and O–H groups in total. The van der Waals surface area contributed by atoms with Crippen LogP contribution in [0.2, 0.25) is 0 Å². The number of aliphatic carboxylic acids is 1. The smallest absolute Gasteiger partial charge is 0.416 e. The van der Waals surface area contributed by atoms with Crippen LogP contribution in [-0.4, -0.2) is 15.6 Å². The first-order valence-corrected chi connectivity index (χ1v) is 12.0. The Kier molecular flexibility index (Phi) is 7.80. The lowest BCUT2D eigenvalue weighted by Gasteiger charge is -2.32. The number of carbonyl (C=O) groups is 1. The molecular formula is C27H33F3N2O2. The fourth-order valence-electron chi connectivity index (χ4n) is 5.27. The molecule has 2 atom stereocenters. The van der Waals surface area contributed by atoms with Gasteiger partial charge in [-0.3, -0.25) is 4.79 Å². The van der Waals surface area contributed by atoms with Gasteiger partial charge in [-0.2, -0.15) is 13.2 Å². The summed E-state index contributed by atoms with van der Waals surface area (Å²) in [6, 6.07) is 5.05. The summed E-state index contributed by atoms with van der Waals surface area (Å²) < 4.78 is 41.8. The van der Waals surface area contributed by atoms with Crippen LogP contribution >= 0.6 is 0 Å². The molecule has 0 radical (unpaired) electrons. The SMILES string of the molecule is [C-]#[N+]c1c2c(n([C@@H](CCC(C)C)c3ccc(C(F)(F)F)cc3)c1C(C)C)C(CC(=O)O)CCC2. The zero-order valence-electron chi connectivity index (χ0n) is 20.2. The van der Waals surface area contributed by atoms with E-state index in [4.69, 9.17) is 6.57 Å². The average molecular weight is 475 g/mol. The van der Waals surface area contributed by atoms with E-state index in [1.165, 1.54) is 12.1 Å². The fourth-order valence-corrected chi connectivity index (χ4v) is 5.27. The highest BCUT2D eigenvalue weighted by molar-refractivity contribution is 5.70. The maximum Gasteiger partial charge on any atom is 0.416 e. The van der Waals surface area contributed by atoms with E-state index in [9.17, 15) is 23.1 Å². The molecule has 0 saturated heterocycles. The summed E-state index contributed by atoms with van der Waals surface area (Å²) in [6.45, 7) is 16.2. The van der Waals surface area contributed by atoms with Gasteiger partial charge in [-0.15, -0.1) is 0 Å². The second kappa shape index (κ2) is 10.2. The number of benzene rings is 1. The fraction of sp³-hybridized carbons (Fsp3) is 0.556. The predicted octanol–water partition coefficient (Wildman–Crippen LogP) is 8.10. The third-order valence-corrected chi connectivity index (χ3v) is 6.75. The summed E-state index contributed by atoms with van der Waals surface area (Å²) in [7, 11) is 0. The molecule has 0 aliphatic heterocycles. The van der Waals surface area contributed by atoms with Crippen LogP contribution in [0.4, 0.5) is 18.9 Å². The Hall–Kier alpha value is -2.75. The number of carboxylic acids is 1. The highest BCUT2D eigenvalue weighted by Crippen LogP contribution is 2.48. The molecule has 0 spiro atoms. The van der Waals surface area contributed by atoms with Crippen molar-refractivity contribution in [3.8, 4) is 0 Å². The van der Waals surface area contributed by atoms with E-state index in [2.05, 4.69) is 23.3 Å². The van der Waals surface area contributed by atoms with Crippen molar-refractivity contribution in [2.75, 3.05) is 0 Å². The van der Waals surface area contributed by atoms with E-state index >= 15 is 0 Å². The van der Waals surface area contributed by atoms with E-state index in [1.54, 1.807) is 0 Å². The van der Waals surface area contributed by atoms with Crippen molar-refractivity contribution in [3.05, 3.63) is 63.8 Å². The van der Waals surface area contributed by atoms with Crippen molar-refractivity contribution >= 4 is 11.7 Å². The Morgan fingerprint density at radius 3 is 2.32 bits per heavy atom. The number of nitrogens with zero attached hydrogens (tertiary/aromatic N) is 2. The molecule has 7 heteroatoms. The number of rotatable bonds is 8. The molecule has 1 heterocycles. The number of hydrogen-bond donors (Lipinski definition) is 1. The quantitative estimate of drug-likeness (QED) is 0.393. The second-order valence-electron chi connectivity index (χ2n) is 10.0. The minimum Gasteiger partial charge on any atom is -0.481 e. The van der Waals surface area contributed by atoms with Gasteiger partial charge < -0.3 is 9.67 Å². The van der Waals surface area contributed by atoms with Gasteiger partial charge in [0.05, 0.1) is 24.6 Å². The molecule has 1 aromatic heterocycles. The molecule has 3 rings (SSSR count). The van der Waals surface area contributed by atoms with Gasteiger partial charge in [-0.05, 0) is 67.2 Å². The van der Waals surface area contributed by atoms with Gasteiger partial charge in [0.1, 0.15) is 0 Å². The molecule has 2 aromatic rings. The Labute approximate surface area is 199 Å². The second-order valence-corrected chi connectivity index (χ2v) is 10.0. The first-order valence-electron chi connectivity index (χ1n) is 12.0. The van der Waals surface area contributed by atoms with E-state index in [0.717, 1.165) is 60.3 Å². The topological polar surface area (TPSA) is 46.6 Å². The molecule has 1 aliphatic carbocycles. The molecule has 1 unspecified atom stereocenters. The Morgan fingerprint density at radius 1 is 1.18 bits per heavy atom. The molecule has 0 saturated carbocycles. The standard InChI is InChI=1S/C27H33F3N2O2/c1-16(2)9-14-22(18-10-12-20(13-11-18)27(28,29)30)32-25(17(3)4)24(31-5)21-8-6-7-19(26(21)32)15-23(33)34/h10-13,16-17,19,22H,6-9,14-15H2,1-4H3,(H,33,34)/t19?,22-/m0/s1. The summed E-state index contributed by atoms with van der Waals surface area (Å²) in [4.78, 5) is 15.6. The number of aromatic nitrogens is 1. The number of carboxylic acid groups (broad SMARTS) is 1. The van der Waals surface area contributed by atoms with Gasteiger partial charge in [0, 0.05) is 17.3 Å². The summed E-state index contributed by atoms with van der Waals surface area (Å²) in [5.41, 5.74) is 3.36. The van der Waals surface area contributed by atoms with Crippen molar-refractivity contribution in [1.82, 2.24) is 4.57 Å². The molecule has 0 fully saturated rings. The third-order valence-electron chi connectivity index (χ3n) is 6.75. The number of halogens is 3. The van der Waals surface area contributed by atoms with Gasteiger partial charge in [0.15, 0.2) is 0 Å². The number of alkyl halides is 3. The zero-order chi connectivity index (χ0) is 25.2. The minimum atomic E-state index is -4.41. The van der Waals surface area contributed by atoms with Crippen LogP contribution in [0.5, 0.6) is 0 Å². The first kappa shape index (κ1) is 25.9. The summed E-state index contributed by atoms with van der Waals surface area (Å²) in [5, 5.41) is 9.59. The molecule has 34 heavy (non-hydrogen) atoms. The minimum absolute atomic E-state index is 0.0103. The zero-order valence-corrected chi connectivity index (χ0v) is 20.2. The van der Waals surface area contributed by atoms with Crippen LogP contribution in [0, 0.1) is 12.5 Å². The Bertz CT molecular complexity index is 1060. The summed E-state index contributed by atoms with van der Waals surface area (Å²) in [6.07, 6.45) is -0.608.